The van der Waals surface area contributed by atoms with Gasteiger partial charge in [0.1, 0.15) is 6.61 Å². The van der Waals surface area contributed by atoms with Crippen LogP contribution in [0.1, 0.15) is 6.42 Å². The van der Waals surface area contributed by atoms with E-state index in [1.54, 1.807) is 0 Å². The van der Waals surface area contributed by atoms with Crippen molar-refractivity contribution in [2.75, 3.05) is 39.3 Å². The fourth-order valence-corrected chi connectivity index (χ4v) is 0.909. The SMILES string of the molecule is COCCC(=O)NCCNC(=O)OCCCl. The smallest absolute Gasteiger partial charge is 0.407 e. The van der Waals surface area contributed by atoms with E-state index >= 15 is 0 Å². The minimum Gasteiger partial charge on any atom is -0.448 e. The Kier molecular flexibility index (Phi) is 9.84. The number of carbonyl (C=O) groups is 2. The maximum Gasteiger partial charge on any atom is 0.407 e. The first-order chi connectivity index (χ1) is 7.70. The molecule has 0 atom stereocenters. The summed E-state index contributed by atoms with van der Waals surface area (Å²) >= 11 is 5.32. The second kappa shape index (κ2) is 10.5. The van der Waals surface area contributed by atoms with E-state index < -0.39 is 6.09 Å². The number of methoxy groups -OCH3 is 1. The molecule has 0 aliphatic rings. The van der Waals surface area contributed by atoms with E-state index in [1.807, 2.05) is 0 Å². The summed E-state index contributed by atoms with van der Waals surface area (Å²) in [6.07, 6.45) is -0.223. The number of hydrogen-bond donors (Lipinski definition) is 2. The molecule has 0 fully saturated rings. The molecule has 0 spiro atoms. The van der Waals surface area contributed by atoms with Gasteiger partial charge in [-0.2, -0.15) is 0 Å². The number of alkyl halides is 1. The Bertz CT molecular complexity index is 192. The number of hydrogen-bond acceptors (Lipinski definition) is 4. The van der Waals surface area contributed by atoms with Crippen LogP contribution in [0.2, 0.25) is 0 Å². The van der Waals surface area contributed by atoms with E-state index in [-0.39, 0.29) is 18.4 Å². The number of ether oxygens (including phenoxy) is 2. The average molecular weight is 253 g/mol. The summed E-state index contributed by atoms with van der Waals surface area (Å²) in [6, 6.07) is 0. The molecular formula is C9H17ClN2O4. The van der Waals surface area contributed by atoms with Crippen LogP contribution in [0.25, 0.3) is 0 Å². The normalized spacial score (nSPS) is 9.62. The molecule has 6 nitrogen and oxygen atoms in total. The van der Waals surface area contributed by atoms with E-state index in [0.717, 1.165) is 0 Å². The van der Waals surface area contributed by atoms with Crippen LogP contribution < -0.4 is 10.6 Å². The molecule has 0 radical (unpaired) electrons. The highest BCUT2D eigenvalue weighted by atomic mass is 35.5. The van der Waals surface area contributed by atoms with Gasteiger partial charge in [-0.25, -0.2) is 4.79 Å². The fourth-order valence-electron chi connectivity index (χ4n) is 0.832. The Morgan fingerprint density at radius 3 is 2.50 bits per heavy atom. The van der Waals surface area contributed by atoms with Gasteiger partial charge in [-0.1, -0.05) is 0 Å². The molecule has 0 bridgehead atoms. The highest BCUT2D eigenvalue weighted by molar-refractivity contribution is 6.18. The first-order valence-electron chi connectivity index (χ1n) is 4.93. The first-order valence-corrected chi connectivity index (χ1v) is 5.46. The second-order valence-electron chi connectivity index (χ2n) is 2.84. The Hall–Kier alpha value is -1.01. The van der Waals surface area contributed by atoms with Gasteiger partial charge in [0, 0.05) is 26.6 Å². The van der Waals surface area contributed by atoms with Crippen molar-refractivity contribution < 1.29 is 19.1 Å². The van der Waals surface area contributed by atoms with Gasteiger partial charge in [0.2, 0.25) is 5.91 Å². The lowest BCUT2D eigenvalue weighted by atomic mass is 10.4. The highest BCUT2D eigenvalue weighted by Crippen LogP contribution is 1.81. The Morgan fingerprint density at radius 1 is 1.19 bits per heavy atom. The zero-order chi connectivity index (χ0) is 12.2. The van der Waals surface area contributed by atoms with Gasteiger partial charge in [-0.3, -0.25) is 4.79 Å². The lowest BCUT2D eigenvalue weighted by Gasteiger charge is -2.07. The van der Waals surface area contributed by atoms with Crippen molar-refractivity contribution in [1.29, 1.82) is 0 Å². The predicted octanol–water partition coefficient (Wildman–Crippen LogP) is 0.104. The van der Waals surface area contributed by atoms with Gasteiger partial charge in [0.25, 0.3) is 0 Å². The number of rotatable bonds is 8. The molecular weight excluding hydrogens is 236 g/mol. The standard InChI is InChI=1S/C9H17ClN2O4/c1-15-6-2-8(13)11-4-5-12-9(14)16-7-3-10/h2-7H2,1H3,(H,11,13)(H,12,14). The van der Waals surface area contributed by atoms with Gasteiger partial charge < -0.3 is 20.1 Å². The van der Waals surface area contributed by atoms with Crippen molar-refractivity contribution >= 4 is 23.6 Å². The number of alkyl carbamates (subject to hydrolysis) is 1. The van der Waals surface area contributed by atoms with Crippen LogP contribution in [-0.4, -0.2) is 51.3 Å². The van der Waals surface area contributed by atoms with E-state index in [2.05, 4.69) is 15.4 Å². The summed E-state index contributed by atoms with van der Waals surface area (Å²) in [5.74, 6) is 0.152. The van der Waals surface area contributed by atoms with Gasteiger partial charge in [-0.15, -0.1) is 11.6 Å². The largest absolute Gasteiger partial charge is 0.448 e. The number of carbonyl (C=O) groups excluding carboxylic acids is 2. The van der Waals surface area contributed by atoms with Crippen molar-refractivity contribution in [2.24, 2.45) is 0 Å². The molecule has 2 amide bonds. The van der Waals surface area contributed by atoms with Gasteiger partial charge in [-0.05, 0) is 0 Å². The molecule has 0 aliphatic carbocycles. The van der Waals surface area contributed by atoms with Crippen molar-refractivity contribution in [3.05, 3.63) is 0 Å². The topological polar surface area (TPSA) is 76.7 Å². The van der Waals surface area contributed by atoms with Crippen molar-refractivity contribution in [2.45, 2.75) is 6.42 Å². The molecule has 0 rings (SSSR count). The quantitative estimate of drug-likeness (QED) is 0.475. The Balaban J connectivity index is 3.31. The lowest BCUT2D eigenvalue weighted by molar-refractivity contribution is -0.121. The maximum atomic E-state index is 11.1. The zero-order valence-corrected chi connectivity index (χ0v) is 10.0. The molecule has 0 aliphatic heterocycles. The number of nitrogens with one attached hydrogen (secondary N) is 2. The van der Waals surface area contributed by atoms with Crippen LogP contribution in [0.4, 0.5) is 4.79 Å². The zero-order valence-electron chi connectivity index (χ0n) is 9.25. The van der Waals surface area contributed by atoms with Crippen LogP contribution in [0.3, 0.4) is 0 Å². The molecule has 0 aromatic rings. The summed E-state index contributed by atoms with van der Waals surface area (Å²) in [6.45, 7) is 1.24. The molecule has 0 aromatic carbocycles. The highest BCUT2D eigenvalue weighted by Gasteiger charge is 2.02. The van der Waals surface area contributed by atoms with Crippen molar-refractivity contribution in [3.8, 4) is 0 Å². The molecule has 2 N–H and O–H groups in total. The second-order valence-corrected chi connectivity index (χ2v) is 3.22. The summed E-state index contributed by atoms with van der Waals surface area (Å²) in [4.78, 5) is 22.0. The maximum absolute atomic E-state index is 11.1. The molecule has 0 unspecified atom stereocenters. The van der Waals surface area contributed by atoms with Crippen LogP contribution in [0.15, 0.2) is 0 Å². The van der Waals surface area contributed by atoms with E-state index in [0.29, 0.717) is 26.1 Å². The molecule has 0 aromatic heterocycles. The average Bonchev–Trinajstić information content (AvgIpc) is 2.29. The predicted molar refractivity (Wildman–Crippen MR) is 59.6 cm³/mol. The Labute approximate surface area is 99.6 Å². The minimum atomic E-state index is -0.535. The first kappa shape index (κ1) is 15.0. The fraction of sp³-hybridized carbons (Fsp3) is 0.778. The summed E-state index contributed by atoms with van der Waals surface area (Å²) in [7, 11) is 1.53. The molecule has 0 saturated carbocycles. The summed E-state index contributed by atoms with van der Waals surface area (Å²) in [5, 5.41) is 5.08. The Morgan fingerprint density at radius 2 is 1.88 bits per heavy atom. The van der Waals surface area contributed by atoms with Crippen LogP contribution >= 0.6 is 11.6 Å². The van der Waals surface area contributed by atoms with E-state index in [4.69, 9.17) is 16.3 Å². The molecule has 0 heterocycles. The molecule has 94 valence electrons. The minimum absolute atomic E-state index is 0.113. The third-order valence-corrected chi connectivity index (χ3v) is 1.71. The van der Waals surface area contributed by atoms with Gasteiger partial charge >= 0.3 is 6.09 Å². The molecule has 7 heteroatoms. The van der Waals surface area contributed by atoms with Gasteiger partial charge in [0.15, 0.2) is 0 Å². The van der Waals surface area contributed by atoms with Crippen LogP contribution in [0, 0.1) is 0 Å². The summed E-state index contributed by atoms with van der Waals surface area (Å²) in [5.41, 5.74) is 0. The molecule has 16 heavy (non-hydrogen) atoms. The van der Waals surface area contributed by atoms with Crippen molar-refractivity contribution in [3.63, 3.8) is 0 Å². The third-order valence-electron chi connectivity index (χ3n) is 1.56. The molecule has 0 saturated heterocycles. The number of halogens is 1. The van der Waals surface area contributed by atoms with Gasteiger partial charge in [0.05, 0.1) is 12.5 Å². The number of amides is 2. The lowest BCUT2D eigenvalue weighted by Crippen LogP contribution is -2.35. The van der Waals surface area contributed by atoms with Crippen LogP contribution in [-0.2, 0) is 14.3 Å². The monoisotopic (exact) mass is 252 g/mol. The summed E-state index contributed by atoms with van der Waals surface area (Å²) < 4.78 is 9.39. The van der Waals surface area contributed by atoms with Crippen LogP contribution in [0.5, 0.6) is 0 Å². The van der Waals surface area contributed by atoms with E-state index in [9.17, 15) is 9.59 Å². The third kappa shape index (κ3) is 9.54. The van der Waals surface area contributed by atoms with Crippen molar-refractivity contribution in [1.82, 2.24) is 10.6 Å². The van der Waals surface area contributed by atoms with E-state index in [1.165, 1.54) is 7.11 Å².